The van der Waals surface area contributed by atoms with Gasteiger partial charge in [-0.2, -0.15) is 0 Å². The molecule has 0 fully saturated rings. The minimum Gasteiger partial charge on any atom is -0.423 e. The molecule has 2 nitrogen and oxygen atoms in total. The van der Waals surface area contributed by atoms with Gasteiger partial charge in [0.15, 0.2) is 0 Å². The molecular weight excluding hydrogens is 328 g/mol. The van der Waals surface area contributed by atoms with Crippen LogP contribution in [0.15, 0.2) is 46.9 Å². The molecule has 1 atom stereocenters. The molecule has 0 aromatic heterocycles. The normalized spacial score (nSPS) is 12.0. The Labute approximate surface area is 134 Å². The number of ether oxygens (including phenoxy) is 1. The van der Waals surface area contributed by atoms with Crippen LogP contribution in [-0.4, -0.2) is 5.97 Å². The molecule has 0 aliphatic rings. The molecule has 2 aromatic carbocycles. The van der Waals surface area contributed by atoms with Gasteiger partial charge in [-0.1, -0.05) is 48.0 Å². The lowest BCUT2D eigenvalue weighted by atomic mass is 9.99. The summed E-state index contributed by atoms with van der Waals surface area (Å²) in [6.45, 7) is 6.32. The predicted octanol–water partition coefficient (Wildman–Crippen LogP) is 5.49. The van der Waals surface area contributed by atoms with Crippen LogP contribution in [0.1, 0.15) is 47.7 Å². The van der Waals surface area contributed by atoms with E-state index in [0.29, 0.717) is 17.2 Å². The molecule has 0 amide bonds. The minimum atomic E-state index is -0.341. The van der Waals surface area contributed by atoms with Crippen molar-refractivity contribution in [2.24, 2.45) is 0 Å². The third-order valence-electron chi connectivity index (χ3n) is 3.68. The molecule has 0 N–H and O–H groups in total. The fourth-order valence-corrected chi connectivity index (χ4v) is 2.36. The van der Waals surface area contributed by atoms with Crippen LogP contribution in [0.2, 0.25) is 0 Å². The van der Waals surface area contributed by atoms with Crippen molar-refractivity contribution in [1.29, 1.82) is 0 Å². The van der Waals surface area contributed by atoms with E-state index in [9.17, 15) is 4.79 Å². The molecule has 0 saturated carbocycles. The summed E-state index contributed by atoms with van der Waals surface area (Å²) in [6, 6.07) is 13.2. The van der Waals surface area contributed by atoms with Crippen LogP contribution >= 0.6 is 15.9 Å². The fraction of sp³-hybridized carbons (Fsp3) is 0.278. The Hall–Kier alpha value is -1.61. The van der Waals surface area contributed by atoms with Gasteiger partial charge in [-0.05, 0) is 54.7 Å². The zero-order valence-electron chi connectivity index (χ0n) is 12.5. The molecular formula is C18H19BrO2. The lowest BCUT2D eigenvalue weighted by Gasteiger charge is -2.10. The minimum absolute atomic E-state index is 0.341. The Morgan fingerprint density at radius 3 is 2.43 bits per heavy atom. The van der Waals surface area contributed by atoms with Crippen molar-refractivity contribution in [3.05, 3.63) is 63.6 Å². The second-order valence-corrected chi connectivity index (χ2v) is 6.09. The number of carbonyl (C=O) groups excluding carboxylic acids is 1. The maximum atomic E-state index is 12.1. The molecule has 2 aromatic rings. The summed E-state index contributed by atoms with van der Waals surface area (Å²) in [6.07, 6.45) is 1.09. The molecule has 0 spiro atoms. The summed E-state index contributed by atoms with van der Waals surface area (Å²) < 4.78 is 6.31. The quantitative estimate of drug-likeness (QED) is 0.540. The van der Waals surface area contributed by atoms with Gasteiger partial charge in [0.2, 0.25) is 0 Å². The predicted molar refractivity (Wildman–Crippen MR) is 89.0 cm³/mol. The molecule has 2 rings (SSSR count). The molecule has 0 aliphatic heterocycles. The second-order valence-electron chi connectivity index (χ2n) is 5.23. The van der Waals surface area contributed by atoms with Crippen molar-refractivity contribution in [1.82, 2.24) is 0 Å². The Morgan fingerprint density at radius 1 is 1.19 bits per heavy atom. The van der Waals surface area contributed by atoms with Crippen molar-refractivity contribution in [3.63, 3.8) is 0 Å². The zero-order chi connectivity index (χ0) is 15.4. The number of rotatable bonds is 4. The fourth-order valence-electron chi connectivity index (χ4n) is 1.99. The van der Waals surface area contributed by atoms with Crippen molar-refractivity contribution in [2.45, 2.75) is 33.1 Å². The van der Waals surface area contributed by atoms with Crippen molar-refractivity contribution >= 4 is 21.9 Å². The Kier molecular flexibility index (Phi) is 5.18. The van der Waals surface area contributed by atoms with Crippen LogP contribution in [-0.2, 0) is 0 Å². The smallest absolute Gasteiger partial charge is 0.343 e. The second kappa shape index (κ2) is 6.90. The summed E-state index contributed by atoms with van der Waals surface area (Å²) in [4.78, 5) is 12.1. The van der Waals surface area contributed by atoms with Gasteiger partial charge < -0.3 is 4.74 Å². The average molecular weight is 347 g/mol. The first-order valence-electron chi connectivity index (χ1n) is 7.09. The molecule has 0 radical (unpaired) electrons. The number of hydrogen-bond acceptors (Lipinski definition) is 2. The highest BCUT2D eigenvalue weighted by Gasteiger charge is 2.10. The summed E-state index contributed by atoms with van der Waals surface area (Å²) in [5.41, 5.74) is 2.89. The lowest BCUT2D eigenvalue weighted by Crippen LogP contribution is -2.08. The topological polar surface area (TPSA) is 26.3 Å². The van der Waals surface area contributed by atoms with E-state index in [2.05, 4.69) is 29.8 Å². The number of aryl methyl sites for hydroxylation is 1. The zero-order valence-corrected chi connectivity index (χ0v) is 14.1. The highest BCUT2D eigenvalue weighted by Crippen LogP contribution is 2.23. The number of esters is 1. The van der Waals surface area contributed by atoms with E-state index in [1.807, 2.05) is 37.3 Å². The number of carbonyl (C=O) groups is 1. The first kappa shape index (κ1) is 15.8. The summed E-state index contributed by atoms with van der Waals surface area (Å²) in [5.74, 6) is 0.749. The van der Waals surface area contributed by atoms with Crippen LogP contribution < -0.4 is 4.74 Å². The number of benzene rings is 2. The van der Waals surface area contributed by atoms with E-state index in [-0.39, 0.29) is 5.97 Å². The average Bonchev–Trinajstić information content (AvgIpc) is 2.50. The summed E-state index contributed by atoms with van der Waals surface area (Å²) in [7, 11) is 0. The Balaban J connectivity index is 2.10. The molecule has 110 valence electrons. The van der Waals surface area contributed by atoms with Crippen LogP contribution in [0.4, 0.5) is 0 Å². The van der Waals surface area contributed by atoms with Gasteiger partial charge in [0.1, 0.15) is 5.75 Å². The third kappa shape index (κ3) is 3.94. The van der Waals surface area contributed by atoms with Crippen molar-refractivity contribution in [2.75, 3.05) is 0 Å². The van der Waals surface area contributed by atoms with Gasteiger partial charge in [0.25, 0.3) is 0 Å². The summed E-state index contributed by atoms with van der Waals surface area (Å²) >= 11 is 3.43. The molecule has 3 heteroatoms. The molecule has 0 bridgehead atoms. The largest absolute Gasteiger partial charge is 0.423 e. The van der Waals surface area contributed by atoms with Gasteiger partial charge >= 0.3 is 5.97 Å². The van der Waals surface area contributed by atoms with Gasteiger partial charge in [-0.3, -0.25) is 0 Å². The van der Waals surface area contributed by atoms with Gasteiger partial charge in [0, 0.05) is 4.47 Å². The van der Waals surface area contributed by atoms with Crippen LogP contribution in [0.25, 0.3) is 0 Å². The maximum Gasteiger partial charge on any atom is 0.343 e. The van der Waals surface area contributed by atoms with E-state index in [4.69, 9.17) is 4.74 Å². The van der Waals surface area contributed by atoms with Crippen LogP contribution in [0.5, 0.6) is 5.75 Å². The molecule has 0 heterocycles. The molecule has 0 aliphatic carbocycles. The SMILES string of the molecule is CCC(C)c1ccc(OC(=O)c2ccc(C)c(Br)c2)cc1. The molecule has 0 saturated heterocycles. The molecule has 21 heavy (non-hydrogen) atoms. The summed E-state index contributed by atoms with van der Waals surface area (Å²) in [5, 5.41) is 0. The lowest BCUT2D eigenvalue weighted by molar-refractivity contribution is 0.0734. The van der Waals surface area contributed by atoms with Crippen molar-refractivity contribution < 1.29 is 9.53 Å². The Bertz CT molecular complexity index is 632. The highest BCUT2D eigenvalue weighted by molar-refractivity contribution is 9.10. The Morgan fingerprint density at radius 2 is 1.86 bits per heavy atom. The van der Waals surface area contributed by atoms with E-state index < -0.39 is 0 Å². The van der Waals surface area contributed by atoms with Gasteiger partial charge in [-0.15, -0.1) is 0 Å². The standard InChI is InChI=1S/C18H19BrO2/c1-4-12(2)14-7-9-16(10-8-14)21-18(20)15-6-5-13(3)17(19)11-15/h5-12H,4H2,1-3H3. The number of hydrogen-bond donors (Lipinski definition) is 0. The van der Waals surface area contributed by atoms with E-state index >= 15 is 0 Å². The van der Waals surface area contributed by atoms with Gasteiger partial charge in [-0.25, -0.2) is 4.79 Å². The monoisotopic (exact) mass is 346 g/mol. The van der Waals surface area contributed by atoms with E-state index in [1.165, 1.54) is 5.56 Å². The molecule has 1 unspecified atom stereocenters. The van der Waals surface area contributed by atoms with E-state index in [0.717, 1.165) is 16.5 Å². The van der Waals surface area contributed by atoms with Crippen LogP contribution in [0.3, 0.4) is 0 Å². The third-order valence-corrected chi connectivity index (χ3v) is 4.53. The van der Waals surface area contributed by atoms with Crippen molar-refractivity contribution in [3.8, 4) is 5.75 Å². The highest BCUT2D eigenvalue weighted by atomic mass is 79.9. The van der Waals surface area contributed by atoms with Gasteiger partial charge in [0.05, 0.1) is 5.56 Å². The van der Waals surface area contributed by atoms with Crippen LogP contribution in [0, 0.1) is 6.92 Å². The first-order chi connectivity index (χ1) is 10.0. The maximum absolute atomic E-state index is 12.1. The number of halogens is 1. The first-order valence-corrected chi connectivity index (χ1v) is 7.89. The van der Waals surface area contributed by atoms with E-state index in [1.54, 1.807) is 12.1 Å².